The van der Waals surface area contributed by atoms with E-state index in [1.165, 1.54) is 0 Å². The van der Waals surface area contributed by atoms with Gasteiger partial charge in [0.05, 0.1) is 31.9 Å². The second-order valence-corrected chi connectivity index (χ2v) is 8.44. The smallest absolute Gasteiger partial charge is 0.235 e. The summed E-state index contributed by atoms with van der Waals surface area (Å²) >= 11 is 0. The maximum absolute atomic E-state index is 6.53. The molecule has 168 valence electrons. The number of nitrogens with zero attached hydrogens (tertiary/aromatic N) is 5. The van der Waals surface area contributed by atoms with Crippen molar-refractivity contribution in [2.24, 2.45) is 5.92 Å². The number of aromatic nitrogens is 4. The van der Waals surface area contributed by atoms with E-state index in [1.807, 2.05) is 0 Å². The Bertz CT molecular complexity index is 1050. The predicted octanol–water partition coefficient (Wildman–Crippen LogP) is 3.45. The zero-order chi connectivity index (χ0) is 21.8. The summed E-state index contributed by atoms with van der Waals surface area (Å²) in [4.78, 5) is 20.2. The molecule has 1 aromatic carbocycles. The highest BCUT2D eigenvalue weighted by Gasteiger charge is 2.25. The lowest BCUT2D eigenvalue weighted by Crippen LogP contribution is -2.36. The van der Waals surface area contributed by atoms with Gasteiger partial charge in [-0.2, -0.15) is 0 Å². The van der Waals surface area contributed by atoms with Gasteiger partial charge in [-0.15, -0.1) is 0 Å². The molecule has 0 atom stereocenters. The summed E-state index contributed by atoms with van der Waals surface area (Å²) < 4.78 is 17.4. The van der Waals surface area contributed by atoms with E-state index in [1.54, 1.807) is 31.9 Å². The molecule has 3 heterocycles. The van der Waals surface area contributed by atoms with Crippen LogP contribution in [0.5, 0.6) is 11.6 Å². The van der Waals surface area contributed by atoms with Gasteiger partial charge in [-0.25, -0.2) is 9.97 Å². The molecule has 8 heteroatoms. The van der Waals surface area contributed by atoms with Crippen LogP contribution in [-0.2, 0) is 11.2 Å². The van der Waals surface area contributed by atoms with Crippen LogP contribution in [-0.4, -0.2) is 59.5 Å². The lowest BCUT2D eigenvalue weighted by atomic mass is 9.84. The van der Waals surface area contributed by atoms with Crippen LogP contribution in [0.2, 0.25) is 0 Å². The van der Waals surface area contributed by atoms with Crippen LogP contribution in [0, 0.1) is 5.92 Å². The number of ether oxygens (including phenoxy) is 3. The molecule has 32 heavy (non-hydrogen) atoms. The highest BCUT2D eigenvalue weighted by molar-refractivity contribution is 5.85. The van der Waals surface area contributed by atoms with E-state index in [9.17, 15) is 0 Å². The van der Waals surface area contributed by atoms with Crippen molar-refractivity contribution in [2.45, 2.75) is 38.2 Å². The molecule has 0 N–H and O–H groups in total. The Morgan fingerprint density at radius 3 is 2.50 bits per heavy atom. The van der Waals surface area contributed by atoms with Gasteiger partial charge in [-0.05, 0) is 44.1 Å². The van der Waals surface area contributed by atoms with Crippen LogP contribution in [0.4, 0.5) is 5.69 Å². The highest BCUT2D eigenvalue weighted by Crippen LogP contribution is 2.35. The minimum absolute atomic E-state index is 0.181. The molecule has 0 unspecified atom stereocenters. The molecule has 0 amide bonds. The fraction of sp³-hybridized carbons (Fsp3) is 0.500. The maximum Gasteiger partial charge on any atom is 0.235 e. The number of methoxy groups -OCH3 is 1. The summed E-state index contributed by atoms with van der Waals surface area (Å²) in [6, 6.07) is 4.23. The zero-order valence-corrected chi connectivity index (χ0v) is 18.4. The summed E-state index contributed by atoms with van der Waals surface area (Å²) in [7, 11) is 1.65. The minimum Gasteiger partial charge on any atom is -0.488 e. The molecule has 8 nitrogen and oxygen atoms in total. The Morgan fingerprint density at radius 1 is 0.938 bits per heavy atom. The van der Waals surface area contributed by atoms with Gasteiger partial charge in [0.1, 0.15) is 17.0 Å². The Balaban J connectivity index is 1.28. The first kappa shape index (κ1) is 20.9. The van der Waals surface area contributed by atoms with E-state index >= 15 is 0 Å². The van der Waals surface area contributed by atoms with E-state index in [0.29, 0.717) is 11.8 Å². The Kier molecular flexibility index (Phi) is 6.29. The van der Waals surface area contributed by atoms with Crippen molar-refractivity contribution in [2.75, 3.05) is 38.3 Å². The standard InChI is InChI=1S/C24H29N5O3/c1-30-24-21(26-7-9-28-24)14-17-2-4-19(5-3-17)32-22-16-18(29-10-12-31-13-11-29)15-20-23(22)27-8-6-25-20/h6-9,15-17,19H,2-5,10-14H2,1H3. The number of rotatable bonds is 6. The molecule has 5 rings (SSSR count). The third-order valence-electron chi connectivity index (χ3n) is 6.40. The maximum atomic E-state index is 6.53. The molecular formula is C24H29N5O3. The second-order valence-electron chi connectivity index (χ2n) is 8.44. The third kappa shape index (κ3) is 4.60. The molecule has 0 spiro atoms. The van der Waals surface area contributed by atoms with Crippen LogP contribution in [0.3, 0.4) is 0 Å². The minimum atomic E-state index is 0.181. The molecular weight excluding hydrogens is 406 g/mol. The van der Waals surface area contributed by atoms with Crippen molar-refractivity contribution in [1.29, 1.82) is 0 Å². The number of morpholine rings is 1. The monoisotopic (exact) mass is 435 g/mol. The van der Waals surface area contributed by atoms with Crippen LogP contribution < -0.4 is 14.4 Å². The van der Waals surface area contributed by atoms with Crippen LogP contribution in [0.15, 0.2) is 36.9 Å². The van der Waals surface area contributed by atoms with Gasteiger partial charge >= 0.3 is 0 Å². The molecule has 1 aliphatic heterocycles. The average molecular weight is 436 g/mol. The number of hydrogen-bond donors (Lipinski definition) is 0. The molecule has 3 aromatic rings. The first-order chi connectivity index (χ1) is 15.8. The second kappa shape index (κ2) is 9.65. The number of hydrogen-bond acceptors (Lipinski definition) is 8. The van der Waals surface area contributed by atoms with Crippen molar-refractivity contribution >= 4 is 16.7 Å². The van der Waals surface area contributed by atoms with Gasteiger partial charge in [-0.3, -0.25) is 9.97 Å². The van der Waals surface area contributed by atoms with E-state index in [0.717, 1.165) is 86.6 Å². The SMILES string of the molecule is COc1nccnc1CC1CCC(Oc2cc(N3CCOCC3)cc3nccnc23)CC1. The molecule has 1 saturated carbocycles. The van der Waals surface area contributed by atoms with E-state index in [-0.39, 0.29) is 6.10 Å². The fourth-order valence-electron chi connectivity index (χ4n) is 4.69. The number of benzene rings is 1. The van der Waals surface area contributed by atoms with Crippen molar-refractivity contribution in [3.63, 3.8) is 0 Å². The zero-order valence-electron chi connectivity index (χ0n) is 18.4. The normalized spacial score (nSPS) is 21.5. The van der Waals surface area contributed by atoms with Crippen LogP contribution in [0.1, 0.15) is 31.4 Å². The lowest BCUT2D eigenvalue weighted by Gasteiger charge is -2.31. The van der Waals surface area contributed by atoms with Gasteiger partial charge in [0, 0.05) is 49.6 Å². The molecule has 0 radical (unpaired) electrons. The van der Waals surface area contributed by atoms with Gasteiger partial charge < -0.3 is 19.1 Å². The topological polar surface area (TPSA) is 82.5 Å². The molecule has 1 aliphatic carbocycles. The van der Waals surface area contributed by atoms with Crippen LogP contribution in [0.25, 0.3) is 11.0 Å². The average Bonchev–Trinajstić information content (AvgIpc) is 2.86. The first-order valence-corrected chi connectivity index (χ1v) is 11.4. The van der Waals surface area contributed by atoms with E-state index in [4.69, 9.17) is 14.2 Å². The molecule has 2 fully saturated rings. The first-order valence-electron chi connectivity index (χ1n) is 11.4. The fourth-order valence-corrected chi connectivity index (χ4v) is 4.69. The number of anilines is 1. The largest absolute Gasteiger partial charge is 0.488 e. The van der Waals surface area contributed by atoms with Crippen LogP contribution >= 0.6 is 0 Å². The van der Waals surface area contributed by atoms with E-state index < -0.39 is 0 Å². The number of fused-ring (bicyclic) bond motifs is 1. The lowest BCUT2D eigenvalue weighted by molar-refractivity contribution is 0.122. The molecule has 2 aliphatic rings. The summed E-state index contributed by atoms with van der Waals surface area (Å²) in [5.74, 6) is 2.03. The van der Waals surface area contributed by atoms with Gasteiger partial charge in [0.2, 0.25) is 5.88 Å². The summed E-state index contributed by atoms with van der Waals surface area (Å²) in [5.41, 5.74) is 3.77. The Hall–Kier alpha value is -3.00. The van der Waals surface area contributed by atoms with Gasteiger partial charge in [0.15, 0.2) is 0 Å². The van der Waals surface area contributed by atoms with Crippen molar-refractivity contribution in [3.8, 4) is 11.6 Å². The van der Waals surface area contributed by atoms with Gasteiger partial charge in [0.25, 0.3) is 0 Å². The summed E-state index contributed by atoms with van der Waals surface area (Å²) in [6.45, 7) is 3.24. The quantitative estimate of drug-likeness (QED) is 0.582. The highest BCUT2D eigenvalue weighted by atomic mass is 16.5. The van der Waals surface area contributed by atoms with Crippen molar-refractivity contribution < 1.29 is 14.2 Å². The predicted molar refractivity (Wildman–Crippen MR) is 121 cm³/mol. The summed E-state index contributed by atoms with van der Waals surface area (Å²) in [5, 5.41) is 0. The van der Waals surface area contributed by atoms with Crippen molar-refractivity contribution in [1.82, 2.24) is 19.9 Å². The third-order valence-corrected chi connectivity index (χ3v) is 6.40. The molecule has 2 aromatic heterocycles. The Morgan fingerprint density at radius 2 is 1.69 bits per heavy atom. The van der Waals surface area contributed by atoms with Gasteiger partial charge in [-0.1, -0.05) is 0 Å². The van der Waals surface area contributed by atoms with Crippen molar-refractivity contribution in [3.05, 3.63) is 42.6 Å². The van der Waals surface area contributed by atoms with E-state index in [2.05, 4.69) is 37.0 Å². The molecule has 0 bridgehead atoms. The summed E-state index contributed by atoms with van der Waals surface area (Å²) in [6.07, 6.45) is 12.2. The molecule has 1 saturated heterocycles. The Labute approximate surface area is 188 Å².